The van der Waals surface area contributed by atoms with Gasteiger partial charge in [0, 0.05) is 11.7 Å². The average Bonchev–Trinajstić information content (AvgIpc) is 2.76. The molecule has 0 saturated carbocycles. The Balaban J connectivity index is 2.55. The van der Waals surface area contributed by atoms with Crippen LogP contribution in [0, 0.1) is 5.41 Å². The maximum Gasteiger partial charge on any atom is 0.0630 e. The van der Waals surface area contributed by atoms with Crippen molar-refractivity contribution in [3.63, 3.8) is 0 Å². The van der Waals surface area contributed by atoms with E-state index in [9.17, 15) is 0 Å². The molecule has 21 heavy (non-hydrogen) atoms. The lowest BCUT2D eigenvalue weighted by Gasteiger charge is -2.27. The highest BCUT2D eigenvalue weighted by Crippen LogP contribution is 2.26. The maximum atomic E-state index is 4.79. The van der Waals surface area contributed by atoms with Crippen molar-refractivity contribution in [2.75, 3.05) is 6.54 Å². The summed E-state index contributed by atoms with van der Waals surface area (Å²) in [4.78, 5) is 0. The molecule has 0 aromatic carbocycles. The first kappa shape index (κ1) is 18.2. The summed E-state index contributed by atoms with van der Waals surface area (Å²) in [7, 11) is 0. The molecule has 3 nitrogen and oxygen atoms in total. The smallest absolute Gasteiger partial charge is 0.0630 e. The number of nitrogens with one attached hydrogen (secondary N) is 1. The molecule has 1 aromatic heterocycles. The Bertz CT molecular complexity index is 408. The van der Waals surface area contributed by atoms with Crippen molar-refractivity contribution in [1.29, 1.82) is 0 Å². The molecule has 0 spiro atoms. The summed E-state index contributed by atoms with van der Waals surface area (Å²) >= 11 is 0. The third-order valence-electron chi connectivity index (χ3n) is 4.10. The molecule has 3 heteroatoms. The Morgan fingerprint density at radius 2 is 1.76 bits per heavy atom. The highest BCUT2D eigenvalue weighted by atomic mass is 15.3. The van der Waals surface area contributed by atoms with E-state index in [0.29, 0.717) is 6.04 Å². The van der Waals surface area contributed by atoms with E-state index in [1.54, 1.807) is 0 Å². The van der Waals surface area contributed by atoms with Gasteiger partial charge in [-0.3, -0.25) is 4.68 Å². The van der Waals surface area contributed by atoms with Crippen molar-refractivity contribution in [3.05, 3.63) is 18.0 Å². The van der Waals surface area contributed by atoms with Crippen LogP contribution in [0.2, 0.25) is 0 Å². The molecule has 0 aliphatic heterocycles. The van der Waals surface area contributed by atoms with Crippen LogP contribution in [-0.4, -0.2) is 21.9 Å². The van der Waals surface area contributed by atoms with Crippen molar-refractivity contribution < 1.29 is 0 Å². The molecular formula is C18H35N3. The molecule has 0 bridgehead atoms. The highest BCUT2D eigenvalue weighted by molar-refractivity contribution is 5.03. The van der Waals surface area contributed by atoms with Crippen LogP contribution in [0.15, 0.2) is 12.3 Å². The zero-order valence-corrected chi connectivity index (χ0v) is 15.2. The Hall–Kier alpha value is -0.830. The SMILES string of the molecule is CCC(CC)n1ccc(CC(C)(C)CCNC(C)(C)C)n1. The first-order valence-electron chi connectivity index (χ1n) is 8.46. The molecule has 0 unspecified atom stereocenters. The van der Waals surface area contributed by atoms with E-state index in [0.717, 1.165) is 25.8 Å². The van der Waals surface area contributed by atoms with Gasteiger partial charge in [0.1, 0.15) is 0 Å². The summed E-state index contributed by atoms with van der Waals surface area (Å²) in [6, 6.07) is 2.74. The quantitative estimate of drug-likeness (QED) is 0.759. The van der Waals surface area contributed by atoms with Gasteiger partial charge in [-0.05, 0) is 64.5 Å². The molecule has 1 rings (SSSR count). The van der Waals surface area contributed by atoms with Gasteiger partial charge >= 0.3 is 0 Å². The fourth-order valence-electron chi connectivity index (χ4n) is 2.69. The lowest BCUT2D eigenvalue weighted by molar-refractivity contribution is 0.298. The minimum atomic E-state index is 0.202. The van der Waals surface area contributed by atoms with Crippen LogP contribution in [0.5, 0.6) is 0 Å². The number of aromatic nitrogens is 2. The van der Waals surface area contributed by atoms with Gasteiger partial charge in [-0.2, -0.15) is 5.10 Å². The number of hydrogen-bond acceptors (Lipinski definition) is 2. The van der Waals surface area contributed by atoms with Crippen molar-refractivity contribution in [1.82, 2.24) is 15.1 Å². The topological polar surface area (TPSA) is 29.9 Å². The second-order valence-corrected chi connectivity index (χ2v) is 8.03. The molecule has 0 radical (unpaired) electrons. The van der Waals surface area contributed by atoms with Crippen molar-refractivity contribution in [2.45, 2.75) is 85.7 Å². The summed E-state index contributed by atoms with van der Waals surface area (Å²) in [5, 5.41) is 8.37. The predicted molar refractivity (Wildman–Crippen MR) is 91.7 cm³/mol. The first-order chi connectivity index (χ1) is 9.67. The van der Waals surface area contributed by atoms with Gasteiger partial charge < -0.3 is 5.32 Å². The van der Waals surface area contributed by atoms with Crippen LogP contribution in [0.25, 0.3) is 0 Å². The molecule has 1 aromatic rings. The summed E-state index contributed by atoms with van der Waals surface area (Å²) in [5.74, 6) is 0. The van der Waals surface area contributed by atoms with Gasteiger partial charge in [0.25, 0.3) is 0 Å². The standard InChI is InChI=1S/C18H35N3/c1-8-16(9-2)21-13-10-15(20-21)14-18(6,7)11-12-19-17(3,4)5/h10,13,16,19H,8-9,11-12,14H2,1-7H3. The third kappa shape index (κ3) is 6.64. The van der Waals surface area contributed by atoms with Gasteiger partial charge in [-0.1, -0.05) is 27.7 Å². The Kier molecular flexibility index (Phi) is 6.45. The molecule has 0 fully saturated rings. The third-order valence-corrected chi connectivity index (χ3v) is 4.10. The van der Waals surface area contributed by atoms with Gasteiger partial charge in [0.2, 0.25) is 0 Å². The fraction of sp³-hybridized carbons (Fsp3) is 0.833. The van der Waals surface area contributed by atoms with E-state index < -0.39 is 0 Å². The van der Waals surface area contributed by atoms with E-state index >= 15 is 0 Å². The van der Waals surface area contributed by atoms with Crippen molar-refractivity contribution in [2.24, 2.45) is 5.41 Å². The van der Waals surface area contributed by atoms with Gasteiger partial charge in [-0.15, -0.1) is 0 Å². The number of nitrogens with zero attached hydrogens (tertiary/aromatic N) is 2. The molecule has 0 atom stereocenters. The molecule has 0 saturated heterocycles. The largest absolute Gasteiger partial charge is 0.312 e. The molecule has 0 aliphatic rings. The van der Waals surface area contributed by atoms with E-state index in [-0.39, 0.29) is 11.0 Å². The van der Waals surface area contributed by atoms with Gasteiger partial charge in [0.05, 0.1) is 11.7 Å². The van der Waals surface area contributed by atoms with Crippen LogP contribution in [0.4, 0.5) is 0 Å². The zero-order valence-electron chi connectivity index (χ0n) is 15.2. The van der Waals surface area contributed by atoms with Crippen LogP contribution >= 0.6 is 0 Å². The second kappa shape index (κ2) is 7.44. The van der Waals surface area contributed by atoms with Crippen molar-refractivity contribution in [3.8, 4) is 0 Å². The van der Waals surface area contributed by atoms with Crippen LogP contribution in [0.1, 0.15) is 79.5 Å². The van der Waals surface area contributed by atoms with Crippen LogP contribution in [0.3, 0.4) is 0 Å². The molecule has 1 N–H and O–H groups in total. The average molecular weight is 293 g/mol. The Labute approximate surface area is 131 Å². The summed E-state index contributed by atoms with van der Waals surface area (Å²) in [6.07, 6.45) is 6.66. The maximum absolute atomic E-state index is 4.79. The van der Waals surface area contributed by atoms with E-state index in [2.05, 4.69) is 70.7 Å². The lowest BCUT2D eigenvalue weighted by Crippen LogP contribution is -2.38. The van der Waals surface area contributed by atoms with Gasteiger partial charge in [-0.25, -0.2) is 0 Å². The Morgan fingerprint density at radius 3 is 2.29 bits per heavy atom. The van der Waals surface area contributed by atoms with Crippen LogP contribution in [-0.2, 0) is 6.42 Å². The summed E-state index contributed by atoms with van der Waals surface area (Å²) < 4.78 is 2.15. The highest BCUT2D eigenvalue weighted by Gasteiger charge is 2.21. The van der Waals surface area contributed by atoms with Crippen LogP contribution < -0.4 is 5.32 Å². The minimum Gasteiger partial charge on any atom is -0.312 e. The first-order valence-corrected chi connectivity index (χ1v) is 8.46. The van der Waals surface area contributed by atoms with Gasteiger partial charge in [0.15, 0.2) is 0 Å². The molecule has 0 amide bonds. The monoisotopic (exact) mass is 293 g/mol. The van der Waals surface area contributed by atoms with Crippen molar-refractivity contribution >= 4 is 0 Å². The van der Waals surface area contributed by atoms with E-state index in [1.807, 2.05) is 0 Å². The summed E-state index contributed by atoms with van der Waals surface area (Å²) in [5.41, 5.74) is 1.71. The molecular weight excluding hydrogens is 258 g/mol. The fourth-order valence-corrected chi connectivity index (χ4v) is 2.69. The minimum absolute atomic E-state index is 0.202. The Morgan fingerprint density at radius 1 is 1.14 bits per heavy atom. The number of hydrogen-bond donors (Lipinski definition) is 1. The summed E-state index contributed by atoms with van der Waals surface area (Å²) in [6.45, 7) is 16.9. The second-order valence-electron chi connectivity index (χ2n) is 8.03. The molecule has 0 aliphatic carbocycles. The molecule has 1 heterocycles. The predicted octanol–water partition coefficient (Wildman–Crippen LogP) is 4.59. The van der Waals surface area contributed by atoms with E-state index in [4.69, 9.17) is 5.10 Å². The molecule has 122 valence electrons. The lowest BCUT2D eigenvalue weighted by atomic mass is 9.84. The van der Waals surface area contributed by atoms with E-state index in [1.165, 1.54) is 12.1 Å². The normalized spacial score (nSPS) is 13.1. The number of rotatable bonds is 8. The zero-order chi connectivity index (χ0) is 16.1.